The smallest absolute Gasteiger partial charge is 1.00 e. The zero-order valence-electron chi connectivity index (χ0n) is 3.72. The van der Waals surface area contributed by atoms with Gasteiger partial charge >= 0.3 is 46.6 Å². The van der Waals surface area contributed by atoms with Gasteiger partial charge < -0.3 is 21.5 Å². The Kier molecular flexibility index (Phi) is 24.5. The van der Waals surface area contributed by atoms with Crippen LogP contribution in [-0.2, 0) is 27.5 Å². The molecule has 0 aliphatic carbocycles. The molecule has 0 saturated heterocycles. The molecule has 0 aliphatic rings. The van der Waals surface area contributed by atoms with Gasteiger partial charge in [0.25, 0.3) is 0 Å². The van der Waals surface area contributed by atoms with E-state index in [1.165, 1.54) is 0 Å². The van der Waals surface area contributed by atoms with Crippen molar-refractivity contribution in [3.05, 3.63) is 0 Å². The fraction of sp³-hybridized carbons (Fsp3) is 0. The van der Waals surface area contributed by atoms with Crippen molar-refractivity contribution >= 4 is 10.4 Å². The third-order valence-corrected chi connectivity index (χ3v) is 0. The molecule has 0 aromatic rings. The molecule has 0 aliphatic heterocycles. The largest absolute Gasteiger partial charge is 2.00 e. The summed E-state index contributed by atoms with van der Waals surface area (Å²) in [5.41, 5.74) is 0. The molecule has 8 heavy (non-hydrogen) atoms. The predicted molar refractivity (Wildman–Crippen MR) is 10.5 cm³/mol. The van der Waals surface area contributed by atoms with Crippen molar-refractivity contribution < 1.29 is 76.6 Å². The quantitative estimate of drug-likeness (QED) is 0.230. The predicted octanol–water partition coefficient (Wildman–Crippen LogP) is -7.33. The van der Waals surface area contributed by atoms with E-state index in [-0.39, 0.29) is 59.0 Å². The van der Waals surface area contributed by atoms with Crippen molar-refractivity contribution in [2.75, 3.05) is 0 Å². The van der Waals surface area contributed by atoms with Crippen molar-refractivity contribution in [3.8, 4) is 0 Å². The van der Waals surface area contributed by atoms with E-state index in [4.69, 9.17) is 17.5 Å². The number of halogens is 1. The normalized spacial score (nSPS) is 7.25. The summed E-state index contributed by atoms with van der Waals surface area (Å²) in [4.78, 5) is 0. The molecule has 0 unspecified atom stereocenters. The van der Waals surface area contributed by atoms with Gasteiger partial charge in [0.05, 0.1) is 0 Å². The summed E-state index contributed by atoms with van der Waals surface area (Å²) < 4.78 is 34.1. The summed E-state index contributed by atoms with van der Waals surface area (Å²) in [5, 5.41) is 0. The van der Waals surface area contributed by atoms with Crippen LogP contribution in [-0.4, -0.2) is 17.5 Å². The first-order valence-corrected chi connectivity index (χ1v) is 2.00. The fourth-order valence-electron chi connectivity index (χ4n) is 0. The van der Waals surface area contributed by atoms with Crippen LogP contribution in [0.15, 0.2) is 0 Å². The molecule has 0 rings (SSSR count). The minimum atomic E-state index is -5.17. The number of hydrogen-bond donors (Lipinski definition) is 0. The van der Waals surface area contributed by atoms with E-state index < -0.39 is 10.4 Å². The van der Waals surface area contributed by atoms with Crippen molar-refractivity contribution in [2.45, 2.75) is 0 Å². The van der Waals surface area contributed by atoms with Crippen LogP contribution in [0.4, 0.5) is 0 Å². The second-order valence-electron chi connectivity index (χ2n) is 0.408. The summed E-state index contributed by atoms with van der Waals surface area (Å²) in [6, 6.07) is 0. The minimum absolute atomic E-state index is 0. The van der Waals surface area contributed by atoms with Crippen molar-refractivity contribution in [1.29, 1.82) is 0 Å². The molecule has 49 valence electrons. The van der Waals surface area contributed by atoms with E-state index in [0.717, 1.165) is 0 Å². The van der Waals surface area contributed by atoms with Crippen molar-refractivity contribution in [3.63, 3.8) is 0 Å². The summed E-state index contributed by atoms with van der Waals surface area (Å²) >= 11 is 0. The summed E-state index contributed by atoms with van der Waals surface area (Å²) in [6.07, 6.45) is 0. The van der Waals surface area contributed by atoms with Crippen LogP contribution < -0.4 is 42.0 Å². The molecule has 0 spiro atoms. The van der Waals surface area contributed by atoms with E-state index >= 15 is 0 Å². The molecule has 4 nitrogen and oxygen atoms in total. The summed E-state index contributed by atoms with van der Waals surface area (Å²) in [5.74, 6) is 0. The maximum Gasteiger partial charge on any atom is 2.00 e. The van der Waals surface area contributed by atoms with Gasteiger partial charge in [0, 0.05) is 10.4 Å². The SMILES string of the molecule is O=S(=O)([O-])[O-].[Cl-].[Cu+2].[Na+]. The first-order valence-electron chi connectivity index (χ1n) is 0.667. The minimum Gasteiger partial charge on any atom is -1.00 e. The Morgan fingerprint density at radius 3 is 1.12 bits per heavy atom. The van der Waals surface area contributed by atoms with Crippen LogP contribution in [0.5, 0.6) is 0 Å². The molecule has 0 bridgehead atoms. The molecule has 0 fully saturated rings. The molecule has 0 saturated carbocycles. The van der Waals surface area contributed by atoms with Crippen LogP contribution >= 0.6 is 0 Å². The maximum atomic E-state index is 8.52. The molecule has 8 heteroatoms. The first kappa shape index (κ1) is 22.6. The fourth-order valence-corrected chi connectivity index (χ4v) is 0. The number of hydrogen-bond acceptors (Lipinski definition) is 4. The Labute approximate surface area is 86.2 Å². The van der Waals surface area contributed by atoms with Gasteiger partial charge in [-0.05, 0) is 0 Å². The standard InChI is InChI=1S/ClH.Cu.Na.H2O4S/c;;;1-5(2,3)4/h1H;;;(H2,1,2,3,4)/q;+2;+1;/p-3. The van der Waals surface area contributed by atoms with Gasteiger partial charge in [0.1, 0.15) is 0 Å². The van der Waals surface area contributed by atoms with Gasteiger partial charge in [-0.25, -0.2) is 0 Å². The second kappa shape index (κ2) is 8.68. The van der Waals surface area contributed by atoms with Crippen LogP contribution in [0, 0.1) is 0 Å². The molecular weight excluding hydrogens is 218 g/mol. The van der Waals surface area contributed by atoms with E-state index in [1.807, 2.05) is 0 Å². The van der Waals surface area contributed by atoms with Crippen molar-refractivity contribution in [2.24, 2.45) is 0 Å². The Morgan fingerprint density at radius 2 is 1.12 bits per heavy atom. The Morgan fingerprint density at radius 1 is 1.12 bits per heavy atom. The van der Waals surface area contributed by atoms with E-state index in [1.54, 1.807) is 0 Å². The zero-order valence-corrected chi connectivity index (χ0v) is 8.23. The third-order valence-electron chi connectivity index (χ3n) is 0. The van der Waals surface area contributed by atoms with E-state index in [0.29, 0.717) is 0 Å². The van der Waals surface area contributed by atoms with E-state index in [9.17, 15) is 0 Å². The van der Waals surface area contributed by atoms with Crippen LogP contribution in [0.2, 0.25) is 0 Å². The second-order valence-corrected chi connectivity index (χ2v) is 1.22. The van der Waals surface area contributed by atoms with E-state index in [2.05, 4.69) is 0 Å². The van der Waals surface area contributed by atoms with Crippen LogP contribution in [0.3, 0.4) is 0 Å². The average Bonchev–Trinajstić information content (AvgIpc) is 0.722. The van der Waals surface area contributed by atoms with Crippen LogP contribution in [0.1, 0.15) is 0 Å². The molecular formula is ClCuNaO4S. The molecule has 0 N–H and O–H groups in total. The zero-order chi connectivity index (χ0) is 4.50. The summed E-state index contributed by atoms with van der Waals surface area (Å²) in [6.45, 7) is 0. The molecule has 0 heterocycles. The van der Waals surface area contributed by atoms with Gasteiger partial charge in [0.15, 0.2) is 0 Å². The van der Waals surface area contributed by atoms with Crippen molar-refractivity contribution in [1.82, 2.24) is 0 Å². The van der Waals surface area contributed by atoms with Gasteiger partial charge in [-0.3, -0.25) is 8.42 Å². The third kappa shape index (κ3) is 121. The monoisotopic (exact) mass is 217 g/mol. The van der Waals surface area contributed by atoms with Crippen LogP contribution in [0.25, 0.3) is 0 Å². The Balaban J connectivity index is -0.0000000267. The molecule has 0 amide bonds. The summed E-state index contributed by atoms with van der Waals surface area (Å²) in [7, 11) is -5.17. The Hall–Kier alpha value is 1.68. The molecule has 0 aromatic heterocycles. The first-order chi connectivity index (χ1) is 2.00. The van der Waals surface area contributed by atoms with Gasteiger partial charge in [-0.15, -0.1) is 0 Å². The number of rotatable bonds is 0. The van der Waals surface area contributed by atoms with Gasteiger partial charge in [0.2, 0.25) is 0 Å². The molecule has 0 aromatic carbocycles. The topological polar surface area (TPSA) is 80.3 Å². The maximum absolute atomic E-state index is 8.52. The molecule has 0 atom stereocenters. The Bertz CT molecular complexity index is 99.2. The average molecular weight is 218 g/mol. The van der Waals surface area contributed by atoms with Gasteiger partial charge in [-0.1, -0.05) is 0 Å². The molecule has 1 radical (unpaired) electrons. The van der Waals surface area contributed by atoms with Gasteiger partial charge in [-0.2, -0.15) is 0 Å².